The van der Waals surface area contributed by atoms with Gasteiger partial charge in [-0.15, -0.1) is 0 Å². The Morgan fingerprint density at radius 1 is 1.10 bits per heavy atom. The first-order valence-corrected chi connectivity index (χ1v) is 6.93. The molecule has 110 valence electrons. The normalized spacial score (nSPS) is 10.7. The zero-order valence-corrected chi connectivity index (χ0v) is 11.9. The van der Waals surface area contributed by atoms with Crippen molar-refractivity contribution < 1.29 is 19.4 Å². The van der Waals surface area contributed by atoms with Crippen LogP contribution in [-0.4, -0.2) is 24.3 Å². The van der Waals surface area contributed by atoms with Crippen LogP contribution in [0.15, 0.2) is 36.6 Å². The van der Waals surface area contributed by atoms with Crippen molar-refractivity contribution in [2.75, 3.05) is 13.2 Å². The zero-order chi connectivity index (χ0) is 14.6. The molecule has 0 atom stereocenters. The highest BCUT2D eigenvalue weighted by Crippen LogP contribution is 2.13. The van der Waals surface area contributed by atoms with Gasteiger partial charge in [0.1, 0.15) is 5.75 Å². The standard InChI is InChI=1S/C16H22O4/c1-2-11-19-12-5-3-4-6-13-20-15-9-7-14(8-10-15)16(17)18/h2,7-11H,3-6,12-13H2,1H3,(H,17,18). The van der Waals surface area contributed by atoms with E-state index in [1.54, 1.807) is 30.5 Å². The third kappa shape index (κ3) is 6.83. The van der Waals surface area contributed by atoms with E-state index in [0.717, 1.165) is 32.3 Å². The molecular weight excluding hydrogens is 256 g/mol. The number of carbonyl (C=O) groups is 1. The summed E-state index contributed by atoms with van der Waals surface area (Å²) >= 11 is 0. The second-order valence-electron chi connectivity index (χ2n) is 4.43. The number of carboxylic acid groups (broad SMARTS) is 1. The first-order valence-electron chi connectivity index (χ1n) is 6.93. The monoisotopic (exact) mass is 278 g/mol. The molecule has 0 heterocycles. The summed E-state index contributed by atoms with van der Waals surface area (Å²) in [6.07, 6.45) is 7.86. The fourth-order valence-electron chi connectivity index (χ4n) is 1.69. The molecule has 0 saturated heterocycles. The third-order valence-corrected chi connectivity index (χ3v) is 2.76. The van der Waals surface area contributed by atoms with E-state index in [1.807, 2.05) is 13.0 Å². The Morgan fingerprint density at radius 3 is 2.35 bits per heavy atom. The quantitative estimate of drug-likeness (QED) is 0.521. The molecule has 0 bridgehead atoms. The molecule has 1 rings (SSSR count). The van der Waals surface area contributed by atoms with Crippen LogP contribution in [0.25, 0.3) is 0 Å². The topological polar surface area (TPSA) is 55.8 Å². The Kier molecular flexibility index (Phi) is 7.96. The third-order valence-electron chi connectivity index (χ3n) is 2.76. The van der Waals surface area contributed by atoms with Crippen molar-refractivity contribution in [2.24, 2.45) is 0 Å². The molecule has 4 nitrogen and oxygen atoms in total. The molecule has 20 heavy (non-hydrogen) atoms. The summed E-state index contributed by atoms with van der Waals surface area (Å²) in [5, 5.41) is 8.77. The number of ether oxygens (including phenoxy) is 2. The van der Waals surface area contributed by atoms with Crippen LogP contribution in [0.5, 0.6) is 5.75 Å². The molecule has 0 amide bonds. The summed E-state index contributed by atoms with van der Waals surface area (Å²) in [7, 11) is 0. The maximum Gasteiger partial charge on any atom is 0.335 e. The Hall–Kier alpha value is -1.97. The smallest absolute Gasteiger partial charge is 0.335 e. The van der Waals surface area contributed by atoms with Crippen molar-refractivity contribution >= 4 is 5.97 Å². The highest BCUT2D eigenvalue weighted by molar-refractivity contribution is 5.87. The number of unbranched alkanes of at least 4 members (excludes halogenated alkanes) is 3. The second-order valence-corrected chi connectivity index (χ2v) is 4.43. The predicted octanol–water partition coefficient (Wildman–Crippen LogP) is 3.87. The fourth-order valence-corrected chi connectivity index (χ4v) is 1.69. The lowest BCUT2D eigenvalue weighted by Gasteiger charge is -2.06. The molecule has 0 aliphatic carbocycles. The van der Waals surface area contributed by atoms with E-state index in [4.69, 9.17) is 14.6 Å². The minimum Gasteiger partial charge on any atom is -0.502 e. The minimum atomic E-state index is -0.920. The number of hydrogen-bond donors (Lipinski definition) is 1. The minimum absolute atomic E-state index is 0.276. The van der Waals surface area contributed by atoms with Crippen LogP contribution in [0, 0.1) is 0 Å². The molecule has 0 spiro atoms. The van der Waals surface area contributed by atoms with E-state index >= 15 is 0 Å². The van der Waals surface area contributed by atoms with Crippen LogP contribution in [0.1, 0.15) is 43.0 Å². The molecule has 0 aliphatic rings. The van der Waals surface area contributed by atoms with Gasteiger partial charge in [-0.2, -0.15) is 0 Å². The molecule has 0 fully saturated rings. The van der Waals surface area contributed by atoms with Crippen LogP contribution in [0.4, 0.5) is 0 Å². The molecule has 1 N–H and O–H groups in total. The van der Waals surface area contributed by atoms with Gasteiger partial charge in [0.25, 0.3) is 0 Å². The molecule has 0 radical (unpaired) electrons. The van der Waals surface area contributed by atoms with Gasteiger partial charge in [-0.05, 0) is 56.9 Å². The Balaban J connectivity index is 2.05. The van der Waals surface area contributed by atoms with E-state index in [1.165, 1.54) is 0 Å². The summed E-state index contributed by atoms with van der Waals surface area (Å²) in [5.41, 5.74) is 0.276. The molecular formula is C16H22O4. The van der Waals surface area contributed by atoms with Crippen LogP contribution < -0.4 is 4.74 Å². The SMILES string of the molecule is CC=COCCCCCCOc1ccc(C(=O)O)cc1. The lowest BCUT2D eigenvalue weighted by molar-refractivity contribution is 0.0697. The molecule has 0 aliphatic heterocycles. The second kappa shape index (κ2) is 9.89. The van der Waals surface area contributed by atoms with Crippen LogP contribution in [0.2, 0.25) is 0 Å². The lowest BCUT2D eigenvalue weighted by Crippen LogP contribution is -1.99. The average molecular weight is 278 g/mol. The summed E-state index contributed by atoms with van der Waals surface area (Å²) < 4.78 is 10.8. The molecule has 4 heteroatoms. The van der Waals surface area contributed by atoms with Crippen molar-refractivity contribution in [1.29, 1.82) is 0 Å². The number of aromatic carboxylic acids is 1. The Bertz CT molecular complexity index is 409. The Labute approximate surface area is 120 Å². The number of carboxylic acids is 1. The number of hydrogen-bond acceptors (Lipinski definition) is 3. The average Bonchev–Trinajstić information content (AvgIpc) is 2.46. The van der Waals surface area contributed by atoms with Gasteiger partial charge < -0.3 is 14.6 Å². The molecule has 1 aromatic rings. The van der Waals surface area contributed by atoms with Crippen LogP contribution in [0.3, 0.4) is 0 Å². The van der Waals surface area contributed by atoms with Gasteiger partial charge in [-0.1, -0.05) is 6.08 Å². The van der Waals surface area contributed by atoms with Gasteiger partial charge in [0, 0.05) is 0 Å². The number of allylic oxidation sites excluding steroid dienone is 1. The number of benzene rings is 1. The maximum absolute atomic E-state index is 10.7. The van der Waals surface area contributed by atoms with E-state index in [2.05, 4.69) is 0 Å². The van der Waals surface area contributed by atoms with E-state index in [9.17, 15) is 4.79 Å². The zero-order valence-electron chi connectivity index (χ0n) is 11.9. The maximum atomic E-state index is 10.7. The largest absolute Gasteiger partial charge is 0.502 e. The van der Waals surface area contributed by atoms with E-state index in [0.29, 0.717) is 12.4 Å². The fraction of sp³-hybridized carbons (Fsp3) is 0.438. The summed E-state index contributed by atoms with van der Waals surface area (Å²) in [6.45, 7) is 3.35. The van der Waals surface area contributed by atoms with Gasteiger partial charge >= 0.3 is 5.97 Å². The van der Waals surface area contributed by atoms with Gasteiger partial charge in [0.15, 0.2) is 0 Å². The van der Waals surface area contributed by atoms with Crippen molar-refractivity contribution in [1.82, 2.24) is 0 Å². The van der Waals surface area contributed by atoms with Gasteiger partial charge in [-0.3, -0.25) is 0 Å². The van der Waals surface area contributed by atoms with Crippen molar-refractivity contribution in [3.63, 3.8) is 0 Å². The molecule has 0 aromatic heterocycles. The van der Waals surface area contributed by atoms with Crippen molar-refractivity contribution in [3.05, 3.63) is 42.2 Å². The van der Waals surface area contributed by atoms with E-state index in [-0.39, 0.29) is 5.56 Å². The summed E-state index contributed by atoms with van der Waals surface area (Å²) in [4.78, 5) is 10.7. The van der Waals surface area contributed by atoms with Crippen molar-refractivity contribution in [2.45, 2.75) is 32.6 Å². The Morgan fingerprint density at radius 2 is 1.75 bits per heavy atom. The summed E-state index contributed by atoms with van der Waals surface area (Å²) in [5.74, 6) is -0.205. The highest BCUT2D eigenvalue weighted by atomic mass is 16.5. The molecule has 0 saturated carbocycles. The van der Waals surface area contributed by atoms with E-state index < -0.39 is 5.97 Å². The van der Waals surface area contributed by atoms with Crippen LogP contribution >= 0.6 is 0 Å². The number of rotatable bonds is 10. The molecule has 0 unspecified atom stereocenters. The first kappa shape index (κ1) is 16.1. The van der Waals surface area contributed by atoms with Gasteiger partial charge in [-0.25, -0.2) is 4.79 Å². The van der Waals surface area contributed by atoms with Crippen molar-refractivity contribution in [3.8, 4) is 5.75 Å². The molecule has 1 aromatic carbocycles. The van der Waals surface area contributed by atoms with Crippen LogP contribution in [-0.2, 0) is 4.74 Å². The first-order chi connectivity index (χ1) is 9.74. The lowest BCUT2D eigenvalue weighted by atomic mass is 10.2. The highest BCUT2D eigenvalue weighted by Gasteiger charge is 2.01. The van der Waals surface area contributed by atoms with Gasteiger partial charge in [0.05, 0.1) is 25.0 Å². The predicted molar refractivity (Wildman–Crippen MR) is 78.1 cm³/mol. The summed E-state index contributed by atoms with van der Waals surface area (Å²) in [6, 6.07) is 6.48. The van der Waals surface area contributed by atoms with Gasteiger partial charge in [0.2, 0.25) is 0 Å².